The molecule has 1 atom stereocenters. The lowest BCUT2D eigenvalue weighted by Crippen LogP contribution is -2.29. The van der Waals surface area contributed by atoms with E-state index in [9.17, 15) is 0 Å². The SMILES string of the molecule is CC(C)c1ccc(C(CSc2cccc(Cl)c2)NN)cc1. The highest BCUT2D eigenvalue weighted by molar-refractivity contribution is 7.99. The van der Waals surface area contributed by atoms with Crippen molar-refractivity contribution < 1.29 is 0 Å². The van der Waals surface area contributed by atoms with E-state index in [2.05, 4.69) is 49.6 Å². The molecule has 0 heterocycles. The molecule has 21 heavy (non-hydrogen) atoms. The van der Waals surface area contributed by atoms with E-state index in [1.807, 2.05) is 18.2 Å². The van der Waals surface area contributed by atoms with Crippen LogP contribution in [0.3, 0.4) is 0 Å². The average Bonchev–Trinajstić information content (AvgIpc) is 2.48. The van der Waals surface area contributed by atoms with Crippen molar-refractivity contribution in [2.24, 2.45) is 5.84 Å². The smallest absolute Gasteiger partial charge is 0.0553 e. The van der Waals surface area contributed by atoms with Crippen LogP contribution in [-0.4, -0.2) is 5.75 Å². The number of thioether (sulfide) groups is 1. The van der Waals surface area contributed by atoms with Crippen LogP contribution >= 0.6 is 23.4 Å². The van der Waals surface area contributed by atoms with E-state index in [1.165, 1.54) is 11.1 Å². The largest absolute Gasteiger partial charge is 0.271 e. The number of halogens is 1. The van der Waals surface area contributed by atoms with Gasteiger partial charge in [-0.3, -0.25) is 11.3 Å². The fourth-order valence-electron chi connectivity index (χ4n) is 2.09. The summed E-state index contributed by atoms with van der Waals surface area (Å²) in [5.41, 5.74) is 5.45. The summed E-state index contributed by atoms with van der Waals surface area (Å²) in [4.78, 5) is 1.15. The van der Waals surface area contributed by atoms with Crippen LogP contribution in [0.5, 0.6) is 0 Å². The van der Waals surface area contributed by atoms with Crippen molar-refractivity contribution in [1.82, 2.24) is 5.43 Å². The second kappa shape index (κ2) is 7.85. The summed E-state index contributed by atoms with van der Waals surface area (Å²) in [6.45, 7) is 4.39. The molecular formula is C17H21ClN2S. The molecule has 0 bridgehead atoms. The minimum Gasteiger partial charge on any atom is -0.271 e. The fraction of sp³-hybridized carbons (Fsp3) is 0.294. The molecule has 0 spiro atoms. The first kappa shape index (κ1) is 16.4. The summed E-state index contributed by atoms with van der Waals surface area (Å²) in [6.07, 6.45) is 0. The molecule has 112 valence electrons. The monoisotopic (exact) mass is 320 g/mol. The van der Waals surface area contributed by atoms with Gasteiger partial charge in [0.05, 0.1) is 6.04 Å². The van der Waals surface area contributed by atoms with Gasteiger partial charge in [-0.15, -0.1) is 11.8 Å². The molecule has 0 fully saturated rings. The number of hydrogen-bond acceptors (Lipinski definition) is 3. The normalized spacial score (nSPS) is 12.6. The van der Waals surface area contributed by atoms with Gasteiger partial charge in [-0.1, -0.05) is 55.8 Å². The van der Waals surface area contributed by atoms with Crippen molar-refractivity contribution in [3.63, 3.8) is 0 Å². The summed E-state index contributed by atoms with van der Waals surface area (Å²) in [7, 11) is 0. The maximum Gasteiger partial charge on any atom is 0.0553 e. The van der Waals surface area contributed by atoms with Crippen LogP contribution in [0.2, 0.25) is 5.02 Å². The van der Waals surface area contributed by atoms with Gasteiger partial charge in [0.2, 0.25) is 0 Å². The van der Waals surface area contributed by atoms with Gasteiger partial charge >= 0.3 is 0 Å². The molecule has 0 radical (unpaired) electrons. The third kappa shape index (κ3) is 4.75. The molecule has 0 saturated heterocycles. The van der Waals surface area contributed by atoms with Crippen LogP contribution in [0.1, 0.15) is 36.9 Å². The van der Waals surface area contributed by atoms with Gasteiger partial charge in [0.25, 0.3) is 0 Å². The first-order chi connectivity index (χ1) is 10.1. The Labute approximate surface area is 136 Å². The van der Waals surface area contributed by atoms with Gasteiger partial charge in [-0.05, 0) is 35.2 Å². The van der Waals surface area contributed by atoms with Crippen LogP contribution < -0.4 is 11.3 Å². The number of benzene rings is 2. The second-order valence-electron chi connectivity index (χ2n) is 5.31. The molecule has 0 aromatic heterocycles. The number of hydrazine groups is 1. The Bertz CT molecular complexity index is 569. The molecule has 1 unspecified atom stereocenters. The first-order valence-electron chi connectivity index (χ1n) is 7.04. The van der Waals surface area contributed by atoms with Crippen molar-refractivity contribution in [3.8, 4) is 0 Å². The molecule has 0 aliphatic rings. The molecule has 0 aliphatic heterocycles. The Hall–Kier alpha value is -1.00. The topological polar surface area (TPSA) is 38.0 Å². The van der Waals surface area contributed by atoms with Gasteiger partial charge in [0, 0.05) is 15.7 Å². The minimum atomic E-state index is 0.121. The number of nitrogens with one attached hydrogen (secondary N) is 1. The lowest BCUT2D eigenvalue weighted by Gasteiger charge is -2.17. The highest BCUT2D eigenvalue weighted by Gasteiger charge is 2.11. The molecule has 0 saturated carbocycles. The molecule has 2 aromatic rings. The first-order valence-corrected chi connectivity index (χ1v) is 8.41. The van der Waals surface area contributed by atoms with E-state index in [-0.39, 0.29) is 6.04 Å². The van der Waals surface area contributed by atoms with Gasteiger partial charge in [0.1, 0.15) is 0 Å². The molecule has 2 aromatic carbocycles. The Morgan fingerprint density at radius 3 is 2.33 bits per heavy atom. The van der Waals surface area contributed by atoms with E-state index in [1.54, 1.807) is 11.8 Å². The number of rotatable bonds is 6. The van der Waals surface area contributed by atoms with E-state index in [0.717, 1.165) is 15.7 Å². The van der Waals surface area contributed by atoms with Gasteiger partial charge in [-0.25, -0.2) is 0 Å². The zero-order chi connectivity index (χ0) is 15.2. The lowest BCUT2D eigenvalue weighted by molar-refractivity contribution is 0.610. The van der Waals surface area contributed by atoms with Crippen LogP contribution in [0.25, 0.3) is 0 Å². The number of nitrogens with two attached hydrogens (primary N) is 1. The molecule has 0 amide bonds. The lowest BCUT2D eigenvalue weighted by atomic mass is 10.00. The van der Waals surface area contributed by atoms with Gasteiger partial charge in [-0.2, -0.15) is 0 Å². The van der Waals surface area contributed by atoms with Crippen molar-refractivity contribution >= 4 is 23.4 Å². The van der Waals surface area contributed by atoms with Crippen LogP contribution in [0.15, 0.2) is 53.4 Å². The predicted molar refractivity (Wildman–Crippen MR) is 92.8 cm³/mol. The molecular weight excluding hydrogens is 300 g/mol. The molecule has 4 heteroatoms. The highest BCUT2D eigenvalue weighted by Crippen LogP contribution is 2.27. The van der Waals surface area contributed by atoms with Crippen molar-refractivity contribution in [1.29, 1.82) is 0 Å². The Balaban J connectivity index is 2.02. The van der Waals surface area contributed by atoms with E-state index < -0.39 is 0 Å². The Morgan fingerprint density at radius 1 is 1.10 bits per heavy atom. The average molecular weight is 321 g/mol. The standard InChI is InChI=1S/C17H21ClN2S/c1-12(2)13-6-8-14(9-7-13)17(20-19)11-21-16-5-3-4-15(18)10-16/h3-10,12,17,20H,11,19H2,1-2H3. The van der Waals surface area contributed by atoms with Crippen LogP contribution in [0.4, 0.5) is 0 Å². The quantitative estimate of drug-likeness (QED) is 0.458. The summed E-state index contributed by atoms with van der Waals surface area (Å²) in [5.74, 6) is 7.11. The molecule has 0 aliphatic carbocycles. The predicted octanol–water partition coefficient (Wildman–Crippen LogP) is 4.76. The highest BCUT2D eigenvalue weighted by atomic mass is 35.5. The van der Waals surface area contributed by atoms with E-state index >= 15 is 0 Å². The maximum atomic E-state index is 6.00. The van der Waals surface area contributed by atoms with Crippen LogP contribution in [-0.2, 0) is 0 Å². The van der Waals surface area contributed by atoms with Crippen molar-refractivity contribution in [2.45, 2.75) is 30.7 Å². The number of hydrogen-bond donors (Lipinski definition) is 2. The van der Waals surface area contributed by atoms with Gasteiger partial charge in [0.15, 0.2) is 0 Å². The van der Waals surface area contributed by atoms with Crippen LogP contribution in [0, 0.1) is 0 Å². The zero-order valence-electron chi connectivity index (χ0n) is 12.3. The molecule has 2 nitrogen and oxygen atoms in total. The summed E-state index contributed by atoms with van der Waals surface area (Å²) >= 11 is 7.75. The van der Waals surface area contributed by atoms with Gasteiger partial charge < -0.3 is 0 Å². The molecule has 3 N–H and O–H groups in total. The maximum absolute atomic E-state index is 6.00. The Morgan fingerprint density at radius 2 is 1.76 bits per heavy atom. The molecule has 2 rings (SSSR count). The summed E-state index contributed by atoms with van der Waals surface area (Å²) in [6, 6.07) is 16.7. The second-order valence-corrected chi connectivity index (χ2v) is 6.84. The van der Waals surface area contributed by atoms with Crippen molar-refractivity contribution in [2.75, 3.05) is 5.75 Å². The minimum absolute atomic E-state index is 0.121. The third-order valence-electron chi connectivity index (χ3n) is 3.42. The summed E-state index contributed by atoms with van der Waals surface area (Å²) < 4.78 is 0. The third-order valence-corrected chi connectivity index (χ3v) is 4.74. The fourth-order valence-corrected chi connectivity index (χ4v) is 3.38. The zero-order valence-corrected chi connectivity index (χ0v) is 13.9. The van der Waals surface area contributed by atoms with E-state index in [4.69, 9.17) is 17.4 Å². The van der Waals surface area contributed by atoms with Crippen molar-refractivity contribution in [3.05, 3.63) is 64.7 Å². The Kier molecular flexibility index (Phi) is 6.12. The summed E-state index contributed by atoms with van der Waals surface area (Å²) in [5, 5.41) is 0.763. The van der Waals surface area contributed by atoms with E-state index in [0.29, 0.717) is 5.92 Å².